The number of aliphatic hydroxyl groups is 1. The standard InChI is InChI=1S/C16H33Br.C2H6O/c1-2-3-4-5-6-7-8-9-10-11-12-13-14-15-16-17;1-2-3/h2-16H2,1H3;3H,2H2,1H3. The number of unbranched alkanes of at least 4 members (excludes halogenated alkanes) is 13. The highest BCUT2D eigenvalue weighted by Crippen LogP contribution is 2.12. The zero-order valence-corrected chi connectivity index (χ0v) is 15.7. The molecule has 0 aliphatic heterocycles. The molecular weight excluding hydrogens is 312 g/mol. The van der Waals surface area contributed by atoms with E-state index in [0.29, 0.717) is 0 Å². The molecule has 0 saturated carbocycles. The lowest BCUT2D eigenvalue weighted by atomic mass is 10.0. The van der Waals surface area contributed by atoms with E-state index in [9.17, 15) is 0 Å². The van der Waals surface area contributed by atoms with Crippen molar-refractivity contribution in [1.82, 2.24) is 0 Å². The van der Waals surface area contributed by atoms with E-state index in [-0.39, 0.29) is 6.61 Å². The smallest absolute Gasteiger partial charge is 0.0402 e. The zero-order chi connectivity index (χ0) is 15.3. The Bertz CT molecular complexity index is 125. The molecule has 0 fully saturated rings. The van der Waals surface area contributed by atoms with Crippen molar-refractivity contribution in [2.75, 3.05) is 11.9 Å². The minimum Gasteiger partial charge on any atom is -0.397 e. The molecule has 0 aromatic heterocycles. The predicted octanol–water partition coefficient (Wildman–Crippen LogP) is 6.86. The SMILES string of the molecule is CCCCCCCCCCCCCCCCBr.CCO. The molecule has 0 aliphatic rings. The van der Waals surface area contributed by atoms with E-state index in [1.165, 1.54) is 95.2 Å². The highest BCUT2D eigenvalue weighted by Gasteiger charge is 1.93. The lowest BCUT2D eigenvalue weighted by Crippen LogP contribution is -1.83. The van der Waals surface area contributed by atoms with Gasteiger partial charge in [0.15, 0.2) is 0 Å². The van der Waals surface area contributed by atoms with Crippen LogP contribution in [0.25, 0.3) is 0 Å². The Labute approximate surface area is 137 Å². The predicted molar refractivity (Wildman–Crippen MR) is 96.9 cm³/mol. The van der Waals surface area contributed by atoms with E-state index in [1.807, 2.05) is 0 Å². The maximum Gasteiger partial charge on any atom is 0.0402 e. The average molecular weight is 351 g/mol. The van der Waals surface area contributed by atoms with Crippen LogP contribution in [0.3, 0.4) is 0 Å². The molecule has 0 radical (unpaired) electrons. The van der Waals surface area contributed by atoms with Crippen LogP contribution in [0.1, 0.15) is 104 Å². The molecule has 0 heterocycles. The summed E-state index contributed by atoms with van der Waals surface area (Å²) in [4.78, 5) is 0. The topological polar surface area (TPSA) is 20.2 Å². The summed E-state index contributed by atoms with van der Waals surface area (Å²) < 4.78 is 0. The molecule has 20 heavy (non-hydrogen) atoms. The van der Waals surface area contributed by atoms with Crippen LogP contribution >= 0.6 is 15.9 Å². The summed E-state index contributed by atoms with van der Waals surface area (Å²) in [5, 5.41) is 8.75. The van der Waals surface area contributed by atoms with Crippen molar-refractivity contribution in [3.8, 4) is 0 Å². The maximum absolute atomic E-state index is 7.57. The van der Waals surface area contributed by atoms with Gasteiger partial charge in [-0.05, 0) is 13.3 Å². The van der Waals surface area contributed by atoms with Crippen molar-refractivity contribution >= 4 is 15.9 Å². The van der Waals surface area contributed by atoms with E-state index in [2.05, 4.69) is 22.9 Å². The fourth-order valence-electron chi connectivity index (χ4n) is 2.29. The van der Waals surface area contributed by atoms with Gasteiger partial charge < -0.3 is 5.11 Å². The van der Waals surface area contributed by atoms with Crippen molar-refractivity contribution in [1.29, 1.82) is 0 Å². The molecular formula is C18H39BrO. The fraction of sp³-hybridized carbons (Fsp3) is 1.00. The molecule has 1 N–H and O–H groups in total. The van der Waals surface area contributed by atoms with E-state index < -0.39 is 0 Å². The summed E-state index contributed by atoms with van der Waals surface area (Å²) in [6, 6.07) is 0. The number of hydrogen-bond donors (Lipinski definition) is 1. The summed E-state index contributed by atoms with van der Waals surface area (Å²) in [6.45, 7) is 4.22. The van der Waals surface area contributed by atoms with E-state index >= 15 is 0 Å². The van der Waals surface area contributed by atoms with Crippen LogP contribution in [0.4, 0.5) is 0 Å². The first-order valence-electron chi connectivity index (χ1n) is 9.00. The number of rotatable bonds is 14. The molecule has 0 bridgehead atoms. The van der Waals surface area contributed by atoms with Crippen molar-refractivity contribution in [3.63, 3.8) is 0 Å². The van der Waals surface area contributed by atoms with Gasteiger partial charge in [-0.3, -0.25) is 0 Å². The van der Waals surface area contributed by atoms with Gasteiger partial charge in [-0.25, -0.2) is 0 Å². The van der Waals surface area contributed by atoms with E-state index in [4.69, 9.17) is 5.11 Å². The molecule has 0 aromatic rings. The summed E-state index contributed by atoms with van der Waals surface area (Å²) >= 11 is 3.48. The van der Waals surface area contributed by atoms with Gasteiger partial charge in [0.05, 0.1) is 0 Å². The monoisotopic (exact) mass is 350 g/mol. The largest absolute Gasteiger partial charge is 0.397 e. The second-order valence-electron chi connectivity index (χ2n) is 5.60. The third-order valence-corrected chi connectivity index (χ3v) is 4.05. The summed E-state index contributed by atoms with van der Waals surface area (Å²) in [6.07, 6.45) is 20.3. The second kappa shape index (κ2) is 24.5. The van der Waals surface area contributed by atoms with Crippen molar-refractivity contribution in [2.45, 2.75) is 104 Å². The number of alkyl halides is 1. The molecule has 124 valence electrons. The van der Waals surface area contributed by atoms with Gasteiger partial charge in [0, 0.05) is 11.9 Å². The first-order chi connectivity index (χ1) is 9.83. The van der Waals surface area contributed by atoms with Crippen LogP contribution in [0.2, 0.25) is 0 Å². The lowest BCUT2D eigenvalue weighted by molar-refractivity contribution is 0.318. The highest BCUT2D eigenvalue weighted by molar-refractivity contribution is 9.09. The molecule has 0 aliphatic carbocycles. The quantitative estimate of drug-likeness (QED) is 0.268. The van der Waals surface area contributed by atoms with Crippen LogP contribution in [0.5, 0.6) is 0 Å². The molecule has 0 atom stereocenters. The first-order valence-corrected chi connectivity index (χ1v) is 10.1. The third-order valence-electron chi connectivity index (χ3n) is 3.49. The molecule has 0 unspecified atom stereocenters. The molecule has 0 aromatic carbocycles. The molecule has 0 saturated heterocycles. The first kappa shape index (κ1) is 22.7. The van der Waals surface area contributed by atoms with Crippen LogP contribution < -0.4 is 0 Å². The molecule has 1 nitrogen and oxygen atoms in total. The van der Waals surface area contributed by atoms with Crippen molar-refractivity contribution in [2.24, 2.45) is 0 Å². The number of aliphatic hydroxyl groups excluding tert-OH is 1. The maximum atomic E-state index is 7.57. The third kappa shape index (κ3) is 26.9. The Kier molecular flexibility index (Phi) is 27.8. The summed E-state index contributed by atoms with van der Waals surface area (Å²) in [5.41, 5.74) is 0. The summed E-state index contributed by atoms with van der Waals surface area (Å²) in [7, 11) is 0. The number of halogens is 1. The van der Waals surface area contributed by atoms with Crippen LogP contribution in [0, 0.1) is 0 Å². The Hall–Kier alpha value is 0.440. The highest BCUT2D eigenvalue weighted by atomic mass is 79.9. The van der Waals surface area contributed by atoms with Gasteiger partial charge in [0.25, 0.3) is 0 Å². The Balaban J connectivity index is 0. The molecule has 0 spiro atoms. The Morgan fingerprint density at radius 2 is 0.800 bits per heavy atom. The van der Waals surface area contributed by atoms with Crippen LogP contribution in [-0.2, 0) is 0 Å². The van der Waals surface area contributed by atoms with Gasteiger partial charge in [-0.1, -0.05) is 106 Å². The Morgan fingerprint density at radius 3 is 1.05 bits per heavy atom. The normalized spacial score (nSPS) is 10.2. The lowest BCUT2D eigenvalue weighted by Gasteiger charge is -2.02. The minimum absolute atomic E-state index is 0.250. The van der Waals surface area contributed by atoms with E-state index in [0.717, 1.165) is 0 Å². The van der Waals surface area contributed by atoms with Gasteiger partial charge in [-0.2, -0.15) is 0 Å². The molecule has 2 heteroatoms. The van der Waals surface area contributed by atoms with Gasteiger partial charge in [0.2, 0.25) is 0 Å². The minimum atomic E-state index is 0.250. The second-order valence-corrected chi connectivity index (χ2v) is 6.39. The van der Waals surface area contributed by atoms with Crippen molar-refractivity contribution < 1.29 is 5.11 Å². The number of hydrogen-bond acceptors (Lipinski definition) is 1. The zero-order valence-electron chi connectivity index (χ0n) is 14.1. The van der Waals surface area contributed by atoms with Crippen LogP contribution in [-0.4, -0.2) is 17.0 Å². The van der Waals surface area contributed by atoms with Gasteiger partial charge in [-0.15, -0.1) is 0 Å². The van der Waals surface area contributed by atoms with Crippen LogP contribution in [0.15, 0.2) is 0 Å². The molecule has 0 amide bonds. The molecule has 0 rings (SSSR count). The fourth-order valence-corrected chi connectivity index (χ4v) is 2.69. The summed E-state index contributed by atoms with van der Waals surface area (Å²) in [5.74, 6) is 0. The van der Waals surface area contributed by atoms with E-state index in [1.54, 1.807) is 6.92 Å². The average Bonchev–Trinajstić information content (AvgIpc) is 2.45. The van der Waals surface area contributed by atoms with Crippen molar-refractivity contribution in [3.05, 3.63) is 0 Å². The van der Waals surface area contributed by atoms with Gasteiger partial charge >= 0.3 is 0 Å². The van der Waals surface area contributed by atoms with Gasteiger partial charge in [0.1, 0.15) is 0 Å². The Morgan fingerprint density at radius 1 is 0.550 bits per heavy atom.